The van der Waals surface area contributed by atoms with E-state index in [0.29, 0.717) is 5.02 Å². The van der Waals surface area contributed by atoms with Crippen molar-refractivity contribution in [2.24, 2.45) is 0 Å². The summed E-state index contributed by atoms with van der Waals surface area (Å²) in [5.74, 6) is -0.141. The number of amides is 1. The van der Waals surface area contributed by atoms with Crippen LogP contribution < -0.4 is 5.32 Å². The molecule has 2 aromatic rings. The average molecular weight is 327 g/mol. The number of carbonyl (C=O) groups excluding carboxylic acids is 1. The number of rotatable bonds is 3. The average Bonchev–Trinajstić information content (AvgIpc) is 2.54. The Morgan fingerprint density at radius 1 is 1.22 bits per heavy atom. The second kappa shape index (κ2) is 6.99. The van der Waals surface area contributed by atoms with Crippen molar-refractivity contribution in [2.75, 3.05) is 18.9 Å². The van der Waals surface area contributed by atoms with E-state index in [2.05, 4.69) is 23.3 Å². The first-order valence-electron chi connectivity index (χ1n) is 7.66. The predicted octanol–water partition coefficient (Wildman–Crippen LogP) is 3.98. The summed E-state index contributed by atoms with van der Waals surface area (Å²) in [6.45, 7) is 1.93. The zero-order valence-corrected chi connectivity index (χ0v) is 13.8. The van der Waals surface area contributed by atoms with Crippen LogP contribution in [-0.2, 0) is 17.8 Å². The largest absolute Gasteiger partial charge is 0.322 e. The Morgan fingerprint density at radius 3 is 2.87 bits per heavy atom. The lowest BCUT2D eigenvalue weighted by molar-refractivity contribution is -0.111. The molecule has 3 nitrogen and oxygen atoms in total. The first kappa shape index (κ1) is 15.8. The van der Waals surface area contributed by atoms with Crippen LogP contribution in [0.25, 0.3) is 6.08 Å². The molecule has 2 aromatic carbocycles. The van der Waals surface area contributed by atoms with Gasteiger partial charge in [-0.05, 0) is 48.4 Å². The van der Waals surface area contributed by atoms with Crippen molar-refractivity contribution in [3.63, 3.8) is 0 Å². The highest BCUT2D eigenvalue weighted by Gasteiger charge is 2.16. The van der Waals surface area contributed by atoms with Crippen LogP contribution >= 0.6 is 11.6 Å². The Kier molecular flexibility index (Phi) is 4.79. The predicted molar refractivity (Wildman–Crippen MR) is 95.6 cm³/mol. The number of carbonyl (C=O) groups is 1. The van der Waals surface area contributed by atoms with Gasteiger partial charge in [-0.15, -0.1) is 0 Å². The number of likely N-dealkylation sites (N-methyl/N-ethyl adjacent to an activating group) is 1. The molecule has 118 valence electrons. The Morgan fingerprint density at radius 2 is 2.04 bits per heavy atom. The highest BCUT2D eigenvalue weighted by atomic mass is 35.5. The third kappa shape index (κ3) is 3.81. The normalized spacial score (nSPS) is 14.7. The van der Waals surface area contributed by atoms with E-state index in [9.17, 15) is 4.79 Å². The molecule has 1 aliphatic rings. The molecule has 0 unspecified atom stereocenters. The molecule has 0 bridgehead atoms. The molecule has 3 rings (SSSR count). The number of halogens is 1. The zero-order chi connectivity index (χ0) is 16.2. The van der Waals surface area contributed by atoms with Crippen LogP contribution in [0.15, 0.2) is 48.5 Å². The summed E-state index contributed by atoms with van der Waals surface area (Å²) in [6, 6.07) is 13.5. The summed E-state index contributed by atoms with van der Waals surface area (Å²) in [5.41, 5.74) is 4.27. The second-order valence-electron chi connectivity index (χ2n) is 5.78. The third-order valence-corrected chi connectivity index (χ3v) is 4.38. The van der Waals surface area contributed by atoms with Gasteiger partial charge in [0.15, 0.2) is 0 Å². The fraction of sp³-hybridized carbons (Fsp3) is 0.211. The number of hydrogen-bond donors (Lipinski definition) is 1. The minimum absolute atomic E-state index is 0.141. The van der Waals surface area contributed by atoms with Crippen LogP contribution in [0.3, 0.4) is 0 Å². The van der Waals surface area contributed by atoms with E-state index in [1.807, 2.05) is 36.4 Å². The van der Waals surface area contributed by atoms with Crippen molar-refractivity contribution in [2.45, 2.75) is 13.0 Å². The van der Waals surface area contributed by atoms with Gasteiger partial charge in [-0.3, -0.25) is 4.79 Å². The summed E-state index contributed by atoms with van der Waals surface area (Å²) in [5, 5.41) is 3.62. The lowest BCUT2D eigenvalue weighted by atomic mass is 9.98. The summed E-state index contributed by atoms with van der Waals surface area (Å²) >= 11 is 6.09. The lowest BCUT2D eigenvalue weighted by Crippen LogP contribution is -2.27. The minimum atomic E-state index is -0.141. The first-order valence-corrected chi connectivity index (χ1v) is 8.04. The van der Waals surface area contributed by atoms with Gasteiger partial charge in [-0.1, -0.05) is 41.9 Å². The number of anilines is 1. The molecular formula is C19H19ClN2O. The topological polar surface area (TPSA) is 32.3 Å². The SMILES string of the molecule is CN1CCc2c(cccc2NC(=O)C=Cc2ccccc2Cl)C1. The fourth-order valence-electron chi connectivity index (χ4n) is 2.82. The highest BCUT2D eigenvalue weighted by Crippen LogP contribution is 2.25. The van der Waals surface area contributed by atoms with Crippen molar-refractivity contribution in [3.05, 3.63) is 70.3 Å². The van der Waals surface area contributed by atoms with Gasteiger partial charge in [0.05, 0.1) is 0 Å². The van der Waals surface area contributed by atoms with Gasteiger partial charge in [0, 0.05) is 29.9 Å². The number of fused-ring (bicyclic) bond motifs is 1. The molecule has 0 atom stereocenters. The van der Waals surface area contributed by atoms with Crippen molar-refractivity contribution < 1.29 is 4.79 Å². The molecule has 0 spiro atoms. The smallest absolute Gasteiger partial charge is 0.248 e. The van der Waals surface area contributed by atoms with Crippen LogP contribution in [0, 0.1) is 0 Å². The third-order valence-electron chi connectivity index (χ3n) is 4.03. The van der Waals surface area contributed by atoms with Crippen LogP contribution in [-0.4, -0.2) is 24.4 Å². The van der Waals surface area contributed by atoms with E-state index in [4.69, 9.17) is 11.6 Å². The minimum Gasteiger partial charge on any atom is -0.322 e. The van der Waals surface area contributed by atoms with Gasteiger partial charge < -0.3 is 10.2 Å². The molecule has 1 heterocycles. The van der Waals surface area contributed by atoms with Crippen molar-refractivity contribution in [1.82, 2.24) is 4.90 Å². The molecule has 0 fully saturated rings. The molecular weight excluding hydrogens is 308 g/mol. The summed E-state index contributed by atoms with van der Waals surface area (Å²) in [7, 11) is 2.11. The van der Waals surface area contributed by atoms with Crippen LogP contribution in [0.5, 0.6) is 0 Å². The molecule has 4 heteroatoms. The van der Waals surface area contributed by atoms with E-state index in [1.165, 1.54) is 17.2 Å². The standard InChI is InChI=1S/C19H19ClN2O/c1-22-12-11-16-15(13-22)6-4-8-18(16)21-19(23)10-9-14-5-2-3-7-17(14)20/h2-10H,11-13H2,1H3,(H,21,23). The fourth-order valence-corrected chi connectivity index (χ4v) is 3.02. The van der Waals surface area contributed by atoms with E-state index >= 15 is 0 Å². The second-order valence-corrected chi connectivity index (χ2v) is 6.18. The van der Waals surface area contributed by atoms with Gasteiger partial charge in [0.25, 0.3) is 0 Å². The highest BCUT2D eigenvalue weighted by molar-refractivity contribution is 6.32. The number of benzene rings is 2. The molecule has 1 aliphatic heterocycles. The van der Waals surface area contributed by atoms with Crippen molar-refractivity contribution in [3.8, 4) is 0 Å². The van der Waals surface area contributed by atoms with E-state index in [0.717, 1.165) is 30.8 Å². The van der Waals surface area contributed by atoms with Crippen LogP contribution in [0.4, 0.5) is 5.69 Å². The molecule has 23 heavy (non-hydrogen) atoms. The Balaban J connectivity index is 1.74. The van der Waals surface area contributed by atoms with Gasteiger partial charge >= 0.3 is 0 Å². The Labute approximate surface area is 141 Å². The van der Waals surface area contributed by atoms with Gasteiger partial charge in [0.1, 0.15) is 0 Å². The number of hydrogen-bond acceptors (Lipinski definition) is 2. The van der Waals surface area contributed by atoms with Crippen LogP contribution in [0.2, 0.25) is 5.02 Å². The maximum absolute atomic E-state index is 12.2. The number of nitrogens with zero attached hydrogens (tertiary/aromatic N) is 1. The summed E-state index contributed by atoms with van der Waals surface area (Å²) in [4.78, 5) is 14.5. The van der Waals surface area contributed by atoms with E-state index in [1.54, 1.807) is 6.08 Å². The quantitative estimate of drug-likeness (QED) is 0.865. The lowest BCUT2D eigenvalue weighted by Gasteiger charge is -2.26. The molecule has 0 aromatic heterocycles. The first-order chi connectivity index (χ1) is 11.1. The number of nitrogens with one attached hydrogen (secondary N) is 1. The van der Waals surface area contributed by atoms with Gasteiger partial charge in [-0.2, -0.15) is 0 Å². The monoisotopic (exact) mass is 326 g/mol. The Hall–Kier alpha value is -2.10. The molecule has 0 saturated heterocycles. The van der Waals surface area contributed by atoms with E-state index < -0.39 is 0 Å². The maximum Gasteiger partial charge on any atom is 0.248 e. The van der Waals surface area contributed by atoms with Crippen molar-refractivity contribution in [1.29, 1.82) is 0 Å². The maximum atomic E-state index is 12.2. The molecule has 1 amide bonds. The molecule has 1 N–H and O–H groups in total. The van der Waals surface area contributed by atoms with Gasteiger partial charge in [-0.25, -0.2) is 0 Å². The molecule has 0 radical (unpaired) electrons. The summed E-state index contributed by atoms with van der Waals surface area (Å²) < 4.78 is 0. The van der Waals surface area contributed by atoms with E-state index in [-0.39, 0.29) is 5.91 Å². The summed E-state index contributed by atoms with van der Waals surface area (Å²) in [6.07, 6.45) is 4.22. The Bertz CT molecular complexity index is 755. The van der Waals surface area contributed by atoms with Gasteiger partial charge in [0.2, 0.25) is 5.91 Å². The molecule has 0 aliphatic carbocycles. The zero-order valence-electron chi connectivity index (χ0n) is 13.1. The van der Waals surface area contributed by atoms with Crippen molar-refractivity contribution >= 4 is 29.3 Å². The van der Waals surface area contributed by atoms with Crippen LogP contribution in [0.1, 0.15) is 16.7 Å². The molecule has 0 saturated carbocycles.